The van der Waals surface area contributed by atoms with Crippen LogP contribution in [-0.4, -0.2) is 48.1 Å². The molecule has 0 saturated heterocycles. The summed E-state index contributed by atoms with van der Waals surface area (Å²) in [5, 5.41) is 9.70. The quantitative estimate of drug-likeness (QED) is 0.840. The number of ether oxygens (including phenoxy) is 1. The van der Waals surface area contributed by atoms with Crippen molar-refractivity contribution in [1.82, 2.24) is 9.55 Å². The zero-order valence-electron chi connectivity index (χ0n) is 12.3. The number of aromatic nitrogens is 2. The fourth-order valence-electron chi connectivity index (χ4n) is 1.84. The molecule has 0 radical (unpaired) electrons. The van der Waals surface area contributed by atoms with Gasteiger partial charge in [-0.1, -0.05) is 0 Å². The van der Waals surface area contributed by atoms with E-state index in [-0.39, 0.29) is 17.7 Å². The van der Waals surface area contributed by atoms with E-state index in [1.807, 2.05) is 20.8 Å². The molecule has 0 fully saturated rings. The first-order valence-electron chi connectivity index (χ1n) is 6.23. The lowest BCUT2D eigenvalue weighted by atomic mass is 10.1. The Hall–Kier alpha value is -1.40. The van der Waals surface area contributed by atoms with Crippen LogP contribution >= 0.6 is 0 Å². The van der Waals surface area contributed by atoms with Crippen molar-refractivity contribution in [2.24, 2.45) is 0 Å². The average Bonchev–Trinajstić information content (AvgIpc) is 2.27. The first-order valence-corrected chi connectivity index (χ1v) is 6.23. The van der Waals surface area contributed by atoms with Gasteiger partial charge in [0.15, 0.2) is 5.82 Å². The lowest BCUT2D eigenvalue weighted by Crippen LogP contribution is -2.40. The topological polar surface area (TPSA) is 67.6 Å². The number of hydrogen-bond donors (Lipinski definition) is 1. The molecule has 0 spiro atoms. The van der Waals surface area contributed by atoms with Gasteiger partial charge in [-0.3, -0.25) is 4.79 Å². The van der Waals surface area contributed by atoms with Crippen LogP contribution in [0.3, 0.4) is 0 Å². The van der Waals surface area contributed by atoms with Gasteiger partial charge >= 0.3 is 0 Å². The molecule has 1 rings (SSSR count). The molecule has 1 aromatic rings. The third kappa shape index (κ3) is 4.04. The average molecular weight is 269 g/mol. The standard InChI is InChI=1S/C13H23N3O3/c1-13(2,3)16-7-6-14-11(12(16)18)15(4)8-10(17)9-19-5/h6-7,10,17H,8-9H2,1-5H3. The Morgan fingerprint density at radius 3 is 2.68 bits per heavy atom. The molecule has 6 nitrogen and oxygen atoms in total. The molecule has 108 valence electrons. The minimum Gasteiger partial charge on any atom is -0.389 e. The minimum absolute atomic E-state index is 0.165. The van der Waals surface area contributed by atoms with Crippen molar-refractivity contribution in [3.63, 3.8) is 0 Å². The van der Waals surface area contributed by atoms with Crippen molar-refractivity contribution in [3.8, 4) is 0 Å². The van der Waals surface area contributed by atoms with Crippen molar-refractivity contribution in [3.05, 3.63) is 22.7 Å². The fourth-order valence-corrected chi connectivity index (χ4v) is 1.84. The highest BCUT2D eigenvalue weighted by molar-refractivity contribution is 5.34. The first kappa shape index (κ1) is 15.7. The highest BCUT2D eigenvalue weighted by Gasteiger charge is 2.19. The SMILES string of the molecule is COCC(O)CN(C)c1nccn(C(C)(C)C)c1=O. The van der Waals surface area contributed by atoms with Crippen LogP contribution in [0.4, 0.5) is 5.82 Å². The van der Waals surface area contributed by atoms with Gasteiger partial charge in [-0.2, -0.15) is 0 Å². The lowest BCUT2D eigenvalue weighted by Gasteiger charge is -2.25. The van der Waals surface area contributed by atoms with Gasteiger partial charge in [0.1, 0.15) is 0 Å². The maximum Gasteiger partial charge on any atom is 0.293 e. The van der Waals surface area contributed by atoms with Gasteiger partial charge < -0.3 is 19.3 Å². The summed E-state index contributed by atoms with van der Waals surface area (Å²) < 4.78 is 6.50. The molecule has 0 aliphatic heterocycles. The molecule has 1 atom stereocenters. The molecular formula is C13H23N3O3. The monoisotopic (exact) mass is 269 g/mol. The molecule has 6 heteroatoms. The molecule has 0 saturated carbocycles. The highest BCUT2D eigenvalue weighted by atomic mass is 16.5. The van der Waals surface area contributed by atoms with Crippen LogP contribution in [0.2, 0.25) is 0 Å². The zero-order chi connectivity index (χ0) is 14.6. The number of likely N-dealkylation sites (N-methyl/N-ethyl adjacent to an activating group) is 1. The van der Waals surface area contributed by atoms with E-state index in [9.17, 15) is 9.90 Å². The summed E-state index contributed by atoms with van der Waals surface area (Å²) in [7, 11) is 3.26. The van der Waals surface area contributed by atoms with Gasteiger partial charge in [-0.25, -0.2) is 4.98 Å². The summed E-state index contributed by atoms with van der Waals surface area (Å²) in [6, 6.07) is 0. The number of aliphatic hydroxyl groups is 1. The summed E-state index contributed by atoms with van der Waals surface area (Å²) in [5.41, 5.74) is -0.470. The van der Waals surface area contributed by atoms with Crippen LogP contribution in [0.15, 0.2) is 17.2 Å². The van der Waals surface area contributed by atoms with Crippen LogP contribution in [0.5, 0.6) is 0 Å². The van der Waals surface area contributed by atoms with E-state index in [0.717, 1.165) is 0 Å². The van der Waals surface area contributed by atoms with Crippen LogP contribution in [0.1, 0.15) is 20.8 Å². The molecule has 0 bridgehead atoms. The Bertz CT molecular complexity index is 465. The van der Waals surface area contributed by atoms with E-state index in [1.165, 1.54) is 7.11 Å². The van der Waals surface area contributed by atoms with Crippen LogP contribution in [-0.2, 0) is 10.3 Å². The third-order valence-electron chi connectivity index (χ3n) is 2.75. The smallest absolute Gasteiger partial charge is 0.293 e. The second kappa shape index (κ2) is 6.16. The zero-order valence-corrected chi connectivity index (χ0v) is 12.3. The van der Waals surface area contributed by atoms with Gasteiger partial charge in [-0.15, -0.1) is 0 Å². The molecule has 0 aliphatic carbocycles. The van der Waals surface area contributed by atoms with Crippen LogP contribution < -0.4 is 10.5 Å². The molecule has 1 unspecified atom stereocenters. The van der Waals surface area contributed by atoms with Crippen LogP contribution in [0, 0.1) is 0 Å². The van der Waals surface area contributed by atoms with E-state index in [2.05, 4.69) is 4.98 Å². The van der Waals surface area contributed by atoms with E-state index in [0.29, 0.717) is 12.4 Å². The maximum absolute atomic E-state index is 12.3. The van der Waals surface area contributed by atoms with E-state index >= 15 is 0 Å². The minimum atomic E-state index is -0.653. The second-order valence-corrected chi connectivity index (χ2v) is 5.59. The van der Waals surface area contributed by atoms with Gasteiger partial charge in [0, 0.05) is 38.6 Å². The fraction of sp³-hybridized carbons (Fsp3) is 0.692. The predicted octanol–water partition coefficient (Wildman–Crippen LogP) is 0.442. The highest BCUT2D eigenvalue weighted by Crippen LogP contribution is 2.12. The van der Waals surface area contributed by atoms with Crippen molar-refractivity contribution >= 4 is 5.82 Å². The molecule has 1 heterocycles. The molecule has 1 N–H and O–H groups in total. The van der Waals surface area contributed by atoms with Crippen molar-refractivity contribution < 1.29 is 9.84 Å². The maximum atomic E-state index is 12.3. The Morgan fingerprint density at radius 2 is 2.16 bits per heavy atom. The predicted molar refractivity (Wildman–Crippen MR) is 74.6 cm³/mol. The summed E-state index contributed by atoms with van der Waals surface area (Å²) in [4.78, 5) is 18.1. The van der Waals surface area contributed by atoms with E-state index in [1.54, 1.807) is 28.9 Å². The Kier molecular flexibility index (Phi) is 5.08. The number of nitrogens with zero attached hydrogens (tertiary/aromatic N) is 3. The number of aliphatic hydroxyl groups excluding tert-OH is 1. The van der Waals surface area contributed by atoms with Crippen molar-refractivity contribution in [2.75, 3.05) is 32.2 Å². The largest absolute Gasteiger partial charge is 0.389 e. The van der Waals surface area contributed by atoms with Gasteiger partial charge in [-0.05, 0) is 20.8 Å². The van der Waals surface area contributed by atoms with Gasteiger partial charge in [0.25, 0.3) is 5.56 Å². The second-order valence-electron chi connectivity index (χ2n) is 5.59. The molecular weight excluding hydrogens is 246 g/mol. The third-order valence-corrected chi connectivity index (χ3v) is 2.75. The summed E-state index contributed by atoms with van der Waals surface area (Å²) >= 11 is 0. The normalized spacial score (nSPS) is 13.4. The molecule has 0 aliphatic rings. The molecule has 19 heavy (non-hydrogen) atoms. The molecule has 1 aromatic heterocycles. The van der Waals surface area contributed by atoms with Crippen molar-refractivity contribution in [2.45, 2.75) is 32.4 Å². The molecule has 0 amide bonds. The Balaban J connectivity index is 2.99. The van der Waals surface area contributed by atoms with Gasteiger partial charge in [0.05, 0.1) is 12.7 Å². The Morgan fingerprint density at radius 1 is 1.53 bits per heavy atom. The summed E-state index contributed by atoms with van der Waals surface area (Å²) in [6.45, 7) is 6.39. The van der Waals surface area contributed by atoms with Crippen molar-refractivity contribution in [1.29, 1.82) is 0 Å². The van der Waals surface area contributed by atoms with Gasteiger partial charge in [0.2, 0.25) is 0 Å². The number of rotatable bonds is 5. The number of anilines is 1. The summed E-state index contributed by atoms with van der Waals surface area (Å²) in [6.07, 6.45) is 2.62. The Labute approximate surface area is 113 Å². The van der Waals surface area contributed by atoms with E-state index in [4.69, 9.17) is 4.74 Å². The molecule has 0 aromatic carbocycles. The number of methoxy groups -OCH3 is 1. The van der Waals surface area contributed by atoms with E-state index < -0.39 is 6.10 Å². The first-order chi connectivity index (χ1) is 8.77. The number of hydrogen-bond acceptors (Lipinski definition) is 5. The lowest BCUT2D eigenvalue weighted by molar-refractivity contribution is 0.0694. The summed E-state index contributed by atoms with van der Waals surface area (Å²) in [5.74, 6) is 0.326. The van der Waals surface area contributed by atoms with Crippen LogP contribution in [0.25, 0.3) is 0 Å².